The summed E-state index contributed by atoms with van der Waals surface area (Å²) in [7, 11) is 3.39. The quantitative estimate of drug-likeness (QED) is 0.874. The van der Waals surface area contributed by atoms with E-state index < -0.39 is 0 Å². The second kappa shape index (κ2) is 6.99. The number of benzene rings is 1. The standard InChI is InChI=1S/C15H22N2O2S/c1-10(16)6-11-7-14(19-3)12(8-13(11)18-2)9-15-17-4-5-20-15/h7-8,10H,4-6,9,16H2,1-3H3/t10-/m1/s1. The third kappa shape index (κ3) is 3.67. The molecule has 1 aromatic carbocycles. The molecule has 4 nitrogen and oxygen atoms in total. The van der Waals surface area contributed by atoms with E-state index in [1.807, 2.05) is 24.8 Å². The molecule has 2 N–H and O–H groups in total. The molecule has 0 radical (unpaired) electrons. The SMILES string of the molecule is COc1cc(C[C@@H](C)N)c(OC)cc1CC1=NCCS1. The summed E-state index contributed by atoms with van der Waals surface area (Å²) < 4.78 is 11.0. The normalized spacial score (nSPS) is 15.9. The number of thioether (sulfide) groups is 1. The van der Waals surface area contributed by atoms with Gasteiger partial charge >= 0.3 is 0 Å². The van der Waals surface area contributed by atoms with E-state index in [4.69, 9.17) is 15.2 Å². The summed E-state index contributed by atoms with van der Waals surface area (Å²) in [6.45, 7) is 2.91. The minimum absolute atomic E-state index is 0.0919. The van der Waals surface area contributed by atoms with Crippen molar-refractivity contribution in [3.05, 3.63) is 23.3 Å². The van der Waals surface area contributed by atoms with Crippen molar-refractivity contribution in [3.63, 3.8) is 0 Å². The van der Waals surface area contributed by atoms with Gasteiger partial charge < -0.3 is 15.2 Å². The van der Waals surface area contributed by atoms with E-state index in [2.05, 4.69) is 11.1 Å². The predicted octanol–water partition coefficient (Wildman–Crippen LogP) is 2.28. The molecule has 1 heterocycles. The van der Waals surface area contributed by atoms with E-state index in [0.29, 0.717) is 0 Å². The molecule has 1 aromatic rings. The fraction of sp³-hybridized carbons (Fsp3) is 0.533. The number of hydrogen-bond acceptors (Lipinski definition) is 5. The van der Waals surface area contributed by atoms with E-state index in [1.165, 1.54) is 5.04 Å². The summed E-state index contributed by atoms with van der Waals surface area (Å²) in [5.74, 6) is 2.84. The summed E-state index contributed by atoms with van der Waals surface area (Å²) in [6.07, 6.45) is 1.58. The van der Waals surface area contributed by atoms with E-state index >= 15 is 0 Å². The van der Waals surface area contributed by atoms with Crippen LogP contribution in [0.2, 0.25) is 0 Å². The van der Waals surface area contributed by atoms with Crippen LogP contribution in [0.5, 0.6) is 11.5 Å². The van der Waals surface area contributed by atoms with Crippen LogP contribution >= 0.6 is 11.8 Å². The molecule has 0 spiro atoms. The minimum Gasteiger partial charge on any atom is -0.496 e. The maximum atomic E-state index is 5.89. The highest BCUT2D eigenvalue weighted by atomic mass is 32.2. The first-order valence-corrected chi connectivity index (χ1v) is 7.78. The van der Waals surface area contributed by atoms with Crippen LogP contribution in [0.3, 0.4) is 0 Å². The lowest BCUT2D eigenvalue weighted by Gasteiger charge is -2.16. The van der Waals surface area contributed by atoms with Crippen LogP contribution in [-0.4, -0.2) is 37.6 Å². The molecule has 0 amide bonds. The van der Waals surface area contributed by atoms with E-state index in [1.54, 1.807) is 14.2 Å². The van der Waals surface area contributed by atoms with Crippen molar-refractivity contribution in [3.8, 4) is 11.5 Å². The number of nitrogens with two attached hydrogens (primary N) is 1. The fourth-order valence-corrected chi connectivity index (χ4v) is 3.18. The maximum absolute atomic E-state index is 5.89. The number of aliphatic imine (C=N–C) groups is 1. The second-order valence-corrected chi connectivity index (χ2v) is 6.13. The van der Waals surface area contributed by atoms with Crippen LogP contribution in [0.1, 0.15) is 18.1 Å². The summed E-state index contributed by atoms with van der Waals surface area (Å²) in [4.78, 5) is 4.50. The molecule has 0 bridgehead atoms. The lowest BCUT2D eigenvalue weighted by atomic mass is 10.0. The Hall–Kier alpha value is -1.20. The summed E-state index contributed by atoms with van der Waals surface area (Å²) in [5.41, 5.74) is 8.09. The molecule has 5 heteroatoms. The second-order valence-electron chi connectivity index (χ2n) is 4.96. The van der Waals surface area contributed by atoms with Gasteiger partial charge in [0.1, 0.15) is 11.5 Å². The third-order valence-electron chi connectivity index (χ3n) is 3.22. The van der Waals surface area contributed by atoms with Crippen molar-refractivity contribution in [1.82, 2.24) is 0 Å². The first kappa shape index (κ1) is 15.2. The minimum atomic E-state index is 0.0919. The highest BCUT2D eigenvalue weighted by Gasteiger charge is 2.16. The first-order valence-electron chi connectivity index (χ1n) is 6.79. The van der Waals surface area contributed by atoms with Crippen molar-refractivity contribution in [1.29, 1.82) is 0 Å². The Morgan fingerprint density at radius 2 is 1.90 bits per heavy atom. The Kier molecular flexibility index (Phi) is 5.31. The van der Waals surface area contributed by atoms with Crippen LogP contribution in [-0.2, 0) is 12.8 Å². The van der Waals surface area contributed by atoms with E-state index in [9.17, 15) is 0 Å². The first-order chi connectivity index (χ1) is 9.63. The Labute approximate surface area is 124 Å². The van der Waals surface area contributed by atoms with Crippen LogP contribution < -0.4 is 15.2 Å². The van der Waals surface area contributed by atoms with Gasteiger partial charge in [-0.05, 0) is 31.0 Å². The Morgan fingerprint density at radius 3 is 2.45 bits per heavy atom. The van der Waals surface area contributed by atoms with Gasteiger partial charge in [-0.15, -0.1) is 11.8 Å². The monoisotopic (exact) mass is 294 g/mol. The largest absolute Gasteiger partial charge is 0.496 e. The molecule has 1 atom stereocenters. The van der Waals surface area contributed by atoms with Crippen LogP contribution in [0.15, 0.2) is 17.1 Å². The Balaban J connectivity index is 2.30. The molecular formula is C15H22N2O2S. The zero-order valence-electron chi connectivity index (χ0n) is 12.3. The molecule has 0 fully saturated rings. The maximum Gasteiger partial charge on any atom is 0.123 e. The molecule has 2 rings (SSSR count). The molecule has 0 aromatic heterocycles. The Morgan fingerprint density at radius 1 is 1.25 bits per heavy atom. The smallest absolute Gasteiger partial charge is 0.123 e. The Bertz CT molecular complexity index is 501. The van der Waals surface area contributed by atoms with Crippen LogP contribution in [0.4, 0.5) is 0 Å². The van der Waals surface area contributed by atoms with Gasteiger partial charge in [0.05, 0.1) is 19.3 Å². The molecule has 0 unspecified atom stereocenters. The summed E-state index contributed by atoms with van der Waals surface area (Å²) in [6, 6.07) is 4.18. The molecule has 1 aliphatic heterocycles. The van der Waals surface area contributed by atoms with Crippen molar-refractivity contribution < 1.29 is 9.47 Å². The molecule has 20 heavy (non-hydrogen) atoms. The lowest BCUT2D eigenvalue weighted by Crippen LogP contribution is -2.18. The van der Waals surface area contributed by atoms with Gasteiger partial charge in [0, 0.05) is 30.3 Å². The van der Waals surface area contributed by atoms with Crippen molar-refractivity contribution >= 4 is 16.8 Å². The molecular weight excluding hydrogens is 272 g/mol. The van der Waals surface area contributed by atoms with Crippen molar-refractivity contribution in [2.45, 2.75) is 25.8 Å². The molecule has 110 valence electrons. The van der Waals surface area contributed by atoms with Gasteiger partial charge in [-0.1, -0.05) is 0 Å². The number of ether oxygens (including phenoxy) is 2. The van der Waals surface area contributed by atoms with Gasteiger partial charge in [0.15, 0.2) is 0 Å². The van der Waals surface area contributed by atoms with Gasteiger partial charge in [0.25, 0.3) is 0 Å². The van der Waals surface area contributed by atoms with E-state index in [0.717, 1.165) is 47.8 Å². The number of methoxy groups -OCH3 is 2. The number of hydrogen-bond donors (Lipinski definition) is 1. The summed E-state index contributed by atoms with van der Waals surface area (Å²) in [5, 5.41) is 1.17. The van der Waals surface area contributed by atoms with Crippen LogP contribution in [0, 0.1) is 0 Å². The van der Waals surface area contributed by atoms with Gasteiger partial charge in [-0.2, -0.15) is 0 Å². The van der Waals surface area contributed by atoms with Gasteiger partial charge in [-0.3, -0.25) is 4.99 Å². The average molecular weight is 294 g/mol. The van der Waals surface area contributed by atoms with E-state index in [-0.39, 0.29) is 6.04 Å². The molecule has 0 saturated heterocycles. The highest BCUT2D eigenvalue weighted by Crippen LogP contribution is 2.31. The number of nitrogens with zero attached hydrogens (tertiary/aromatic N) is 1. The van der Waals surface area contributed by atoms with Crippen LogP contribution in [0.25, 0.3) is 0 Å². The zero-order chi connectivity index (χ0) is 14.5. The predicted molar refractivity (Wildman–Crippen MR) is 85.4 cm³/mol. The molecule has 0 aliphatic carbocycles. The number of rotatable bonds is 6. The van der Waals surface area contributed by atoms with Gasteiger partial charge in [-0.25, -0.2) is 0 Å². The fourth-order valence-electron chi connectivity index (χ4n) is 2.32. The highest BCUT2D eigenvalue weighted by molar-refractivity contribution is 8.14. The zero-order valence-corrected chi connectivity index (χ0v) is 13.1. The van der Waals surface area contributed by atoms with Gasteiger partial charge in [0.2, 0.25) is 0 Å². The van der Waals surface area contributed by atoms with Crippen molar-refractivity contribution in [2.75, 3.05) is 26.5 Å². The summed E-state index contributed by atoms with van der Waals surface area (Å²) >= 11 is 1.82. The van der Waals surface area contributed by atoms with Crippen molar-refractivity contribution in [2.24, 2.45) is 10.7 Å². The molecule has 0 saturated carbocycles. The average Bonchev–Trinajstić information content (AvgIpc) is 2.92. The third-order valence-corrected chi connectivity index (χ3v) is 4.21. The lowest BCUT2D eigenvalue weighted by molar-refractivity contribution is 0.395. The molecule has 1 aliphatic rings. The topological polar surface area (TPSA) is 56.8 Å².